The number of nitrogens with one attached hydrogen (secondary N) is 6. The van der Waals surface area contributed by atoms with Crippen molar-refractivity contribution in [2.24, 2.45) is 11.7 Å². The predicted molar refractivity (Wildman–Crippen MR) is 332 cm³/mol. The van der Waals surface area contributed by atoms with E-state index in [4.69, 9.17) is 15.2 Å². The quantitative estimate of drug-likeness (QED) is 0.0277. The SMILES string of the molecule is COCCCCCCCOc1ccc(-c2nnc(-c3ccc(C(=O)N[C@H]4C[C@H](O)CNC(=O)[C@@H]5[C@@H](O)[C@H](C)CN5C(=O)[C@H]([C@H](O)CCNCCCCN)NC(=O)[C@H]([C@H](O)Cc5ccc(O)c(O)c5)NC(=O)[C@@H]5C[C@H](O)CN5C(=O)[C@H]([C@H](C)O)NC4=O)cc3)s2)cc1. The molecule has 3 aromatic carbocycles. The molecule has 3 aliphatic rings. The minimum absolute atomic E-state index is 0.0325. The Labute approximate surface area is 531 Å². The van der Waals surface area contributed by atoms with E-state index in [1.165, 1.54) is 29.5 Å². The van der Waals surface area contributed by atoms with Crippen LogP contribution < -0.4 is 42.4 Å². The second kappa shape index (κ2) is 34.3. The van der Waals surface area contributed by atoms with Gasteiger partial charge in [-0.2, -0.15) is 0 Å². The molecule has 7 rings (SSSR count). The Bertz CT molecular complexity index is 3070. The van der Waals surface area contributed by atoms with Crippen LogP contribution in [0.3, 0.4) is 0 Å². The smallest absolute Gasteiger partial charge is 0.251 e. The van der Waals surface area contributed by atoms with Crippen molar-refractivity contribution >= 4 is 52.7 Å². The first-order valence-corrected chi connectivity index (χ1v) is 31.7. The Morgan fingerprint density at radius 2 is 1.34 bits per heavy atom. The van der Waals surface area contributed by atoms with E-state index >= 15 is 0 Å². The molecule has 498 valence electrons. The molecule has 13 atom stereocenters. The second-order valence-corrected chi connectivity index (χ2v) is 24.5. The van der Waals surface area contributed by atoms with Crippen LogP contribution in [0.25, 0.3) is 21.1 Å². The summed E-state index contributed by atoms with van der Waals surface area (Å²) >= 11 is 1.31. The summed E-state index contributed by atoms with van der Waals surface area (Å²) in [4.78, 5) is 104. The molecule has 0 bridgehead atoms. The van der Waals surface area contributed by atoms with Crippen molar-refractivity contribution in [1.29, 1.82) is 0 Å². The van der Waals surface area contributed by atoms with Gasteiger partial charge in [0.2, 0.25) is 35.4 Å². The molecular weight excluding hydrogens is 1200 g/mol. The number of carbonyl (C=O) groups is 7. The van der Waals surface area contributed by atoms with Crippen LogP contribution in [0.4, 0.5) is 0 Å². The average molecular weight is 1290 g/mol. The van der Waals surface area contributed by atoms with Gasteiger partial charge in [0.05, 0.1) is 43.2 Å². The number of phenols is 2. The van der Waals surface area contributed by atoms with Gasteiger partial charge in [0.15, 0.2) is 11.5 Å². The van der Waals surface area contributed by atoms with Gasteiger partial charge in [-0.15, -0.1) is 10.2 Å². The third-order valence-corrected chi connectivity index (χ3v) is 17.4. The van der Waals surface area contributed by atoms with E-state index in [2.05, 4.69) is 42.1 Å². The standard InChI is InChI=1S/C62H87N11O17S/c1-34-32-73-52(53(34)81)58(86)65-31-40(75)29-43(66-54(82)37-12-14-38(15-13-37)59-70-71-60(91-59)39-16-18-42(19-17-39)90-26-10-6-4-5-9-25-89-3)55(83)67-49(35(2)74)61(87)72-33-41(76)30-44(72)56(84)68-50(48(80)28-36-11-20-45(77)47(79)27-36)57(85)69-51(62(73)88)46(78)21-24-64-23-8-7-22-63/h11-20,27,34-35,40-41,43-44,46,48-53,64,74-81H,4-10,21-26,28-33,63H2,1-3H3,(H,65,86)(H,66,82)(H,67,83)(H,68,84)(H,69,85)/t34-,35+,40+,41+,43+,44+,46-,48-,49+,50+,51+,52+,53+/m1/s1. The van der Waals surface area contributed by atoms with Crippen LogP contribution >= 0.6 is 11.3 Å². The number of hydrogen-bond donors (Lipinski definition) is 15. The zero-order valence-electron chi connectivity index (χ0n) is 51.3. The Morgan fingerprint density at radius 3 is 2.00 bits per heavy atom. The number of aromatic hydroxyl groups is 2. The summed E-state index contributed by atoms with van der Waals surface area (Å²) in [5, 5.41) is 115. The number of aliphatic hydroxyl groups is 6. The van der Waals surface area contributed by atoms with Crippen molar-refractivity contribution in [2.75, 3.05) is 59.6 Å². The molecule has 4 aromatic rings. The molecule has 7 amide bonds. The van der Waals surface area contributed by atoms with Crippen LogP contribution in [0.2, 0.25) is 0 Å². The monoisotopic (exact) mass is 1290 g/mol. The van der Waals surface area contributed by atoms with Crippen molar-refractivity contribution in [2.45, 2.75) is 157 Å². The van der Waals surface area contributed by atoms with Crippen molar-refractivity contribution in [3.8, 4) is 38.4 Å². The topological polar surface area (TPSA) is 430 Å². The molecule has 1 aromatic heterocycles. The lowest BCUT2D eigenvalue weighted by atomic mass is 9.98. The molecule has 16 N–H and O–H groups in total. The van der Waals surface area contributed by atoms with Crippen molar-refractivity contribution in [3.63, 3.8) is 0 Å². The van der Waals surface area contributed by atoms with E-state index in [1.807, 2.05) is 24.3 Å². The number of rotatable bonds is 25. The maximum Gasteiger partial charge on any atom is 0.251 e. The number of hydrogen-bond acceptors (Lipinski definition) is 22. The normalized spacial score (nSPS) is 24.9. The highest BCUT2D eigenvalue weighted by Gasteiger charge is 2.50. The van der Waals surface area contributed by atoms with Crippen molar-refractivity contribution < 1.29 is 83.9 Å². The highest BCUT2D eigenvalue weighted by atomic mass is 32.1. The summed E-state index contributed by atoms with van der Waals surface area (Å²) in [5.41, 5.74) is 7.22. The number of nitrogens with zero attached hydrogens (tertiary/aromatic N) is 4. The highest BCUT2D eigenvalue weighted by molar-refractivity contribution is 7.17. The van der Waals surface area contributed by atoms with Gasteiger partial charge in [0.25, 0.3) is 5.91 Å². The maximum absolute atomic E-state index is 14.9. The fraction of sp³-hybridized carbons (Fsp3) is 0.565. The third kappa shape index (κ3) is 19.5. The number of amides is 7. The van der Waals surface area contributed by atoms with Crippen LogP contribution in [-0.2, 0) is 39.9 Å². The second-order valence-electron chi connectivity index (χ2n) is 23.5. The minimum Gasteiger partial charge on any atom is -0.504 e. The largest absolute Gasteiger partial charge is 0.504 e. The summed E-state index contributed by atoms with van der Waals surface area (Å²) in [6.07, 6.45) is -5.19. The number of unbranched alkanes of at least 4 members (excludes halogenated alkanes) is 5. The van der Waals surface area contributed by atoms with E-state index in [-0.39, 0.29) is 30.6 Å². The number of β-amino-alcohol motifs (C(OH)–C–C–N with tert-alkyl or cyclic N) is 1. The predicted octanol–water partition coefficient (Wildman–Crippen LogP) is -1.07. The lowest BCUT2D eigenvalue weighted by molar-refractivity contribution is -0.147. The molecule has 0 spiro atoms. The number of aromatic nitrogens is 2. The highest BCUT2D eigenvalue weighted by Crippen LogP contribution is 2.32. The van der Waals surface area contributed by atoms with Gasteiger partial charge < -0.3 is 97.8 Å². The number of fused-ring (bicyclic) bond motifs is 2. The Kier molecular flexibility index (Phi) is 26.7. The van der Waals surface area contributed by atoms with Crippen molar-refractivity contribution in [1.82, 2.24) is 51.9 Å². The molecule has 28 nitrogen and oxygen atoms in total. The van der Waals surface area contributed by atoms with Crippen LogP contribution in [0.5, 0.6) is 17.2 Å². The molecule has 0 aliphatic carbocycles. The molecular formula is C62H87N11O17S. The molecule has 0 unspecified atom stereocenters. The first kappa shape index (κ1) is 71.0. The van der Waals surface area contributed by atoms with E-state index < -0.39 is 164 Å². The number of nitrogens with two attached hydrogens (primary N) is 1. The number of methoxy groups -OCH3 is 1. The lowest BCUT2D eigenvalue weighted by Crippen LogP contribution is -2.64. The zero-order chi connectivity index (χ0) is 65.9. The van der Waals surface area contributed by atoms with E-state index in [0.29, 0.717) is 48.1 Å². The van der Waals surface area contributed by atoms with Gasteiger partial charge in [0.1, 0.15) is 52.0 Å². The molecule has 29 heteroatoms. The van der Waals surface area contributed by atoms with Gasteiger partial charge in [-0.1, -0.05) is 55.7 Å². The van der Waals surface area contributed by atoms with Crippen LogP contribution in [0.15, 0.2) is 66.7 Å². The third-order valence-electron chi connectivity index (χ3n) is 16.3. The number of ether oxygens (including phenoxy) is 2. The van der Waals surface area contributed by atoms with E-state index in [9.17, 15) is 74.4 Å². The van der Waals surface area contributed by atoms with Gasteiger partial charge in [0, 0.05) is 75.2 Å². The van der Waals surface area contributed by atoms with Crippen LogP contribution in [0.1, 0.15) is 94.0 Å². The number of phenolic OH excluding ortho intramolecular Hbond substituents is 2. The summed E-state index contributed by atoms with van der Waals surface area (Å²) in [6, 6.07) is 6.18. The van der Waals surface area contributed by atoms with E-state index in [1.54, 1.807) is 26.2 Å². The summed E-state index contributed by atoms with van der Waals surface area (Å²) in [7, 11) is 1.70. The van der Waals surface area contributed by atoms with Gasteiger partial charge in [-0.3, -0.25) is 33.6 Å². The first-order chi connectivity index (χ1) is 43.6. The van der Waals surface area contributed by atoms with Crippen LogP contribution in [0, 0.1) is 5.92 Å². The zero-order valence-corrected chi connectivity index (χ0v) is 52.1. The molecule has 3 saturated heterocycles. The fourth-order valence-electron chi connectivity index (χ4n) is 11.1. The van der Waals surface area contributed by atoms with E-state index in [0.717, 1.165) is 78.9 Å². The Hall–Kier alpha value is -7.45. The number of aliphatic hydroxyl groups excluding tert-OH is 6. The Balaban J connectivity index is 1.15. The summed E-state index contributed by atoms with van der Waals surface area (Å²) in [5.74, 6) is -8.72. The molecule has 0 radical (unpaired) electrons. The Morgan fingerprint density at radius 1 is 0.703 bits per heavy atom. The van der Waals surface area contributed by atoms with Gasteiger partial charge >= 0.3 is 0 Å². The van der Waals surface area contributed by atoms with Crippen LogP contribution in [-0.4, -0.2) is 235 Å². The van der Waals surface area contributed by atoms with Gasteiger partial charge in [-0.25, -0.2) is 0 Å². The molecule has 91 heavy (non-hydrogen) atoms. The fourth-order valence-corrected chi connectivity index (χ4v) is 12.0. The number of benzene rings is 3. The molecule has 3 aliphatic heterocycles. The summed E-state index contributed by atoms with van der Waals surface area (Å²) in [6.45, 7) is 3.58. The maximum atomic E-state index is 14.9. The summed E-state index contributed by atoms with van der Waals surface area (Å²) < 4.78 is 11.0. The number of carbonyl (C=O) groups excluding carboxylic acids is 7. The van der Waals surface area contributed by atoms with Gasteiger partial charge in [-0.05, 0) is 113 Å². The molecule has 4 heterocycles. The first-order valence-electron chi connectivity index (χ1n) is 30.9. The minimum atomic E-state index is -2.06. The lowest BCUT2D eigenvalue weighted by Gasteiger charge is -2.34. The average Bonchev–Trinajstić information content (AvgIpc) is 1.72. The molecule has 3 fully saturated rings. The van der Waals surface area contributed by atoms with Crippen molar-refractivity contribution in [3.05, 3.63) is 77.9 Å². The molecule has 0 saturated carbocycles.